The molecule has 2 fully saturated rings. The van der Waals surface area contributed by atoms with Gasteiger partial charge in [0.05, 0.1) is 0 Å². The number of urea groups is 1. The van der Waals surface area contributed by atoms with E-state index >= 15 is 0 Å². The second-order valence-corrected chi connectivity index (χ2v) is 6.62. The fourth-order valence-corrected chi connectivity index (χ4v) is 3.38. The van der Waals surface area contributed by atoms with Crippen molar-refractivity contribution in [2.75, 3.05) is 33.7 Å². The first-order chi connectivity index (χ1) is 9.86. The molecule has 0 aromatic heterocycles. The molecule has 0 aliphatic carbocycles. The monoisotopic (exact) mass is 297 g/mol. The van der Waals surface area contributed by atoms with Gasteiger partial charge < -0.3 is 19.8 Å². The predicted octanol–water partition coefficient (Wildman–Crippen LogP) is 1.46. The van der Waals surface area contributed by atoms with Crippen LogP contribution in [0, 0.1) is 0 Å². The molecule has 21 heavy (non-hydrogen) atoms. The van der Waals surface area contributed by atoms with Crippen molar-refractivity contribution in [1.29, 1.82) is 0 Å². The molecule has 1 atom stereocenters. The number of likely N-dealkylation sites (tertiary alicyclic amines) is 2. The fraction of sp³-hybridized carbons (Fsp3) is 0.867. The molecule has 1 N–H and O–H groups in total. The lowest BCUT2D eigenvalue weighted by atomic mass is 9.88. The topological polar surface area (TPSA) is 64.1 Å². The maximum Gasteiger partial charge on any atom is 0.329 e. The van der Waals surface area contributed by atoms with Crippen molar-refractivity contribution < 1.29 is 14.7 Å². The quantitative estimate of drug-likeness (QED) is 0.838. The number of aliphatic carboxylic acids is 1. The van der Waals surface area contributed by atoms with E-state index in [1.54, 1.807) is 16.7 Å². The molecular weight excluding hydrogens is 270 g/mol. The molecule has 0 aromatic carbocycles. The second-order valence-electron chi connectivity index (χ2n) is 6.62. The average Bonchev–Trinajstić information content (AvgIpc) is 2.47. The highest BCUT2D eigenvalue weighted by Crippen LogP contribution is 2.30. The molecule has 120 valence electrons. The van der Waals surface area contributed by atoms with E-state index in [1.807, 2.05) is 7.05 Å². The minimum atomic E-state index is -1.06. The van der Waals surface area contributed by atoms with E-state index in [1.165, 1.54) is 0 Å². The summed E-state index contributed by atoms with van der Waals surface area (Å²) in [5.41, 5.74) is -1.06. The minimum absolute atomic E-state index is 0.130. The molecule has 2 aliphatic heterocycles. The number of carboxylic acid groups (broad SMARTS) is 1. The summed E-state index contributed by atoms with van der Waals surface area (Å²) < 4.78 is 0. The first kappa shape index (κ1) is 16.1. The van der Waals surface area contributed by atoms with Crippen molar-refractivity contribution in [2.45, 2.75) is 50.6 Å². The van der Waals surface area contributed by atoms with Crippen molar-refractivity contribution in [2.24, 2.45) is 0 Å². The summed E-state index contributed by atoms with van der Waals surface area (Å²) in [5, 5.41) is 9.52. The molecular formula is C15H27N3O3. The highest BCUT2D eigenvalue weighted by atomic mass is 16.4. The Morgan fingerprint density at radius 2 is 1.81 bits per heavy atom. The standard InChI is InChI=1S/C15H27N3O3/c1-15(13(19)20)8-4-5-9-18(15)14(21)17(3)12-6-10-16(2)11-7-12/h12H,4-11H2,1-3H3,(H,19,20). The van der Waals surface area contributed by atoms with Gasteiger partial charge in [-0.2, -0.15) is 0 Å². The molecule has 2 heterocycles. The summed E-state index contributed by atoms with van der Waals surface area (Å²) >= 11 is 0. The molecule has 0 saturated carbocycles. The molecule has 2 aliphatic rings. The maximum absolute atomic E-state index is 12.8. The van der Waals surface area contributed by atoms with E-state index in [2.05, 4.69) is 11.9 Å². The lowest BCUT2D eigenvalue weighted by Crippen LogP contribution is -2.61. The molecule has 2 amide bonds. The van der Waals surface area contributed by atoms with Gasteiger partial charge in [0, 0.05) is 19.6 Å². The number of piperidine rings is 2. The number of hydrogen-bond donors (Lipinski definition) is 1. The van der Waals surface area contributed by atoms with Crippen molar-refractivity contribution in [3.8, 4) is 0 Å². The number of carbonyl (C=O) groups is 2. The molecule has 0 radical (unpaired) electrons. The van der Waals surface area contributed by atoms with Crippen molar-refractivity contribution in [3.63, 3.8) is 0 Å². The minimum Gasteiger partial charge on any atom is -0.480 e. The van der Waals surface area contributed by atoms with E-state index in [-0.39, 0.29) is 12.1 Å². The Kier molecular flexibility index (Phi) is 4.76. The van der Waals surface area contributed by atoms with E-state index in [9.17, 15) is 14.7 Å². The smallest absolute Gasteiger partial charge is 0.329 e. The number of hydrogen-bond acceptors (Lipinski definition) is 3. The van der Waals surface area contributed by atoms with Crippen LogP contribution < -0.4 is 0 Å². The van der Waals surface area contributed by atoms with Crippen LogP contribution in [0.15, 0.2) is 0 Å². The van der Waals surface area contributed by atoms with Crippen LogP contribution in [-0.4, -0.2) is 77.1 Å². The van der Waals surface area contributed by atoms with Crippen LogP contribution in [0.25, 0.3) is 0 Å². The molecule has 2 saturated heterocycles. The van der Waals surface area contributed by atoms with E-state index in [4.69, 9.17) is 0 Å². The van der Waals surface area contributed by atoms with Crippen LogP contribution >= 0.6 is 0 Å². The normalized spacial score (nSPS) is 28.4. The zero-order chi connectivity index (χ0) is 15.6. The van der Waals surface area contributed by atoms with Gasteiger partial charge in [-0.1, -0.05) is 0 Å². The summed E-state index contributed by atoms with van der Waals surface area (Å²) in [6.45, 7) is 4.18. The summed E-state index contributed by atoms with van der Waals surface area (Å²) in [6, 6.07) is 0.0859. The SMILES string of the molecule is CN1CCC(N(C)C(=O)N2CCCCC2(C)C(=O)O)CC1. The summed E-state index contributed by atoms with van der Waals surface area (Å²) in [5.74, 6) is -0.896. The van der Waals surface area contributed by atoms with E-state index in [0.717, 1.165) is 38.8 Å². The summed E-state index contributed by atoms with van der Waals surface area (Å²) in [6.07, 6.45) is 4.20. The first-order valence-corrected chi connectivity index (χ1v) is 7.82. The number of carboxylic acids is 1. The van der Waals surface area contributed by atoms with Crippen LogP contribution in [0.3, 0.4) is 0 Å². The van der Waals surface area contributed by atoms with Gasteiger partial charge in [0.2, 0.25) is 0 Å². The summed E-state index contributed by atoms with van der Waals surface area (Å²) in [4.78, 5) is 30.0. The second kappa shape index (κ2) is 6.22. The molecule has 1 unspecified atom stereocenters. The van der Waals surface area contributed by atoms with Gasteiger partial charge in [-0.05, 0) is 59.2 Å². The van der Waals surface area contributed by atoms with Crippen LogP contribution in [0.5, 0.6) is 0 Å². The molecule has 0 aromatic rings. The van der Waals surface area contributed by atoms with Crippen molar-refractivity contribution >= 4 is 12.0 Å². The van der Waals surface area contributed by atoms with Gasteiger partial charge in [-0.3, -0.25) is 0 Å². The zero-order valence-electron chi connectivity index (χ0n) is 13.3. The number of carbonyl (C=O) groups excluding carboxylic acids is 1. The van der Waals surface area contributed by atoms with Crippen LogP contribution in [0.1, 0.15) is 39.0 Å². The van der Waals surface area contributed by atoms with Crippen molar-refractivity contribution in [3.05, 3.63) is 0 Å². The number of amides is 2. The zero-order valence-corrected chi connectivity index (χ0v) is 13.3. The Morgan fingerprint density at radius 1 is 1.19 bits per heavy atom. The highest BCUT2D eigenvalue weighted by molar-refractivity contribution is 5.86. The van der Waals surface area contributed by atoms with E-state index in [0.29, 0.717) is 13.0 Å². The maximum atomic E-state index is 12.8. The first-order valence-electron chi connectivity index (χ1n) is 7.82. The Morgan fingerprint density at radius 3 is 2.38 bits per heavy atom. The Hall–Kier alpha value is -1.30. The van der Waals surface area contributed by atoms with Gasteiger partial charge in [0.1, 0.15) is 5.54 Å². The van der Waals surface area contributed by atoms with Crippen LogP contribution in [0.2, 0.25) is 0 Å². The third-order valence-electron chi connectivity index (χ3n) is 5.12. The van der Waals surface area contributed by atoms with Gasteiger partial charge >= 0.3 is 12.0 Å². The predicted molar refractivity (Wildman–Crippen MR) is 80.3 cm³/mol. The van der Waals surface area contributed by atoms with Gasteiger partial charge in [0.15, 0.2) is 0 Å². The fourth-order valence-electron chi connectivity index (χ4n) is 3.38. The summed E-state index contributed by atoms with van der Waals surface area (Å²) in [7, 11) is 3.90. The van der Waals surface area contributed by atoms with Gasteiger partial charge in [-0.15, -0.1) is 0 Å². The number of nitrogens with zero attached hydrogens (tertiary/aromatic N) is 3. The molecule has 0 spiro atoms. The van der Waals surface area contributed by atoms with Crippen LogP contribution in [0.4, 0.5) is 4.79 Å². The Balaban J connectivity index is 2.08. The third kappa shape index (κ3) is 3.15. The third-order valence-corrected chi connectivity index (χ3v) is 5.12. The largest absolute Gasteiger partial charge is 0.480 e. The Labute approximate surface area is 126 Å². The van der Waals surface area contributed by atoms with Gasteiger partial charge in [-0.25, -0.2) is 9.59 Å². The highest BCUT2D eigenvalue weighted by Gasteiger charge is 2.45. The van der Waals surface area contributed by atoms with Gasteiger partial charge in [0.25, 0.3) is 0 Å². The van der Waals surface area contributed by atoms with Crippen LogP contribution in [-0.2, 0) is 4.79 Å². The van der Waals surface area contributed by atoms with E-state index < -0.39 is 11.5 Å². The molecule has 6 heteroatoms. The lowest BCUT2D eigenvalue weighted by Gasteiger charge is -2.45. The average molecular weight is 297 g/mol. The molecule has 0 bridgehead atoms. The Bertz CT molecular complexity index is 407. The molecule has 2 rings (SSSR count). The number of rotatable bonds is 2. The van der Waals surface area contributed by atoms with Crippen molar-refractivity contribution in [1.82, 2.24) is 14.7 Å². The molecule has 6 nitrogen and oxygen atoms in total. The lowest BCUT2D eigenvalue weighted by molar-refractivity contribution is -0.150.